The van der Waals surface area contributed by atoms with Gasteiger partial charge in [0.2, 0.25) is 5.91 Å². The van der Waals surface area contributed by atoms with E-state index in [4.69, 9.17) is 0 Å². The number of esters is 2. The first kappa shape index (κ1) is 11.5. The first-order valence-electron chi connectivity index (χ1n) is 4.43. The fourth-order valence-corrected chi connectivity index (χ4v) is 1.60. The fourth-order valence-electron chi connectivity index (χ4n) is 1.60. The Labute approximate surface area is 86.9 Å². The summed E-state index contributed by atoms with van der Waals surface area (Å²) >= 11 is 0. The monoisotopic (exact) mass is 215 g/mol. The predicted octanol–water partition coefficient (Wildman–Crippen LogP) is -0.773. The van der Waals surface area contributed by atoms with Crippen LogP contribution in [0.1, 0.15) is 13.3 Å². The van der Waals surface area contributed by atoms with E-state index in [0.29, 0.717) is 0 Å². The molecule has 1 saturated carbocycles. The second kappa shape index (κ2) is 3.88. The van der Waals surface area contributed by atoms with Gasteiger partial charge in [0, 0.05) is 6.92 Å². The molecule has 1 aliphatic carbocycles. The lowest BCUT2D eigenvalue weighted by Gasteiger charge is -2.14. The van der Waals surface area contributed by atoms with Gasteiger partial charge < -0.3 is 14.8 Å². The van der Waals surface area contributed by atoms with E-state index in [0.717, 1.165) is 0 Å². The SMILES string of the molecule is COC(=O)[C@H]1C[C@@]1(NC(C)=O)C(=O)OC. The van der Waals surface area contributed by atoms with Gasteiger partial charge in [-0.15, -0.1) is 0 Å². The average Bonchev–Trinajstić information content (AvgIpc) is 2.90. The molecule has 2 atom stereocenters. The van der Waals surface area contributed by atoms with E-state index in [2.05, 4.69) is 14.8 Å². The van der Waals surface area contributed by atoms with Crippen LogP contribution in [0.2, 0.25) is 0 Å². The first-order chi connectivity index (χ1) is 6.97. The molecule has 1 aliphatic rings. The van der Waals surface area contributed by atoms with Crippen molar-refractivity contribution in [3.05, 3.63) is 0 Å². The van der Waals surface area contributed by atoms with E-state index in [-0.39, 0.29) is 12.3 Å². The van der Waals surface area contributed by atoms with Gasteiger partial charge >= 0.3 is 11.9 Å². The highest BCUT2D eigenvalue weighted by Crippen LogP contribution is 2.45. The van der Waals surface area contributed by atoms with E-state index in [9.17, 15) is 14.4 Å². The lowest BCUT2D eigenvalue weighted by atomic mass is 10.2. The van der Waals surface area contributed by atoms with Crippen LogP contribution >= 0.6 is 0 Å². The number of methoxy groups -OCH3 is 2. The number of nitrogens with one attached hydrogen (secondary N) is 1. The molecule has 0 aromatic carbocycles. The highest BCUT2D eigenvalue weighted by atomic mass is 16.5. The Hall–Kier alpha value is -1.59. The van der Waals surface area contributed by atoms with Crippen LogP contribution in [0.4, 0.5) is 0 Å². The van der Waals surface area contributed by atoms with E-state index < -0.39 is 23.4 Å². The zero-order valence-electron chi connectivity index (χ0n) is 8.83. The van der Waals surface area contributed by atoms with Crippen LogP contribution in [-0.2, 0) is 23.9 Å². The zero-order chi connectivity index (χ0) is 11.6. The number of hydrogen-bond donors (Lipinski definition) is 1. The van der Waals surface area contributed by atoms with E-state index in [1.165, 1.54) is 21.1 Å². The summed E-state index contributed by atoms with van der Waals surface area (Å²) in [5.41, 5.74) is -1.21. The maximum Gasteiger partial charge on any atom is 0.332 e. The molecule has 0 radical (unpaired) electrons. The van der Waals surface area contributed by atoms with Crippen molar-refractivity contribution in [2.75, 3.05) is 14.2 Å². The van der Waals surface area contributed by atoms with Crippen molar-refractivity contribution in [1.82, 2.24) is 5.32 Å². The third kappa shape index (κ3) is 1.93. The van der Waals surface area contributed by atoms with Crippen LogP contribution < -0.4 is 5.32 Å². The third-order valence-corrected chi connectivity index (χ3v) is 2.40. The van der Waals surface area contributed by atoms with Crippen LogP contribution in [0.25, 0.3) is 0 Å². The van der Waals surface area contributed by atoms with Gasteiger partial charge in [-0.2, -0.15) is 0 Å². The zero-order valence-corrected chi connectivity index (χ0v) is 8.83. The number of carbonyl (C=O) groups excluding carboxylic acids is 3. The van der Waals surface area contributed by atoms with Gasteiger partial charge in [-0.1, -0.05) is 0 Å². The number of rotatable bonds is 3. The molecule has 1 amide bonds. The van der Waals surface area contributed by atoms with Gasteiger partial charge in [0.15, 0.2) is 5.54 Å². The molecule has 1 N–H and O–H groups in total. The molecule has 6 heteroatoms. The standard InChI is InChI=1S/C9H13NO5/c1-5(11)10-9(8(13)15-3)4-6(9)7(12)14-2/h6H,4H2,1-3H3,(H,10,11)/t6-,9+/m1/s1. The van der Waals surface area contributed by atoms with Gasteiger partial charge in [0.1, 0.15) is 0 Å². The summed E-state index contributed by atoms with van der Waals surface area (Å²) in [5, 5.41) is 2.43. The minimum Gasteiger partial charge on any atom is -0.469 e. The smallest absolute Gasteiger partial charge is 0.332 e. The molecule has 0 aromatic rings. The van der Waals surface area contributed by atoms with Crippen LogP contribution in [-0.4, -0.2) is 37.6 Å². The summed E-state index contributed by atoms with van der Waals surface area (Å²) in [6.45, 7) is 1.28. The molecule has 84 valence electrons. The Balaban J connectivity index is 2.80. The Kier molecular flexibility index (Phi) is 2.97. The molecular weight excluding hydrogens is 202 g/mol. The van der Waals surface area contributed by atoms with Gasteiger partial charge in [-0.25, -0.2) is 4.79 Å². The van der Waals surface area contributed by atoms with Crippen molar-refractivity contribution in [1.29, 1.82) is 0 Å². The molecule has 0 heterocycles. The summed E-state index contributed by atoms with van der Waals surface area (Å²) in [7, 11) is 2.44. The maximum atomic E-state index is 11.4. The highest BCUT2D eigenvalue weighted by molar-refractivity contribution is 5.98. The summed E-state index contributed by atoms with van der Waals surface area (Å²) in [6, 6.07) is 0. The predicted molar refractivity (Wildman–Crippen MR) is 48.7 cm³/mol. The van der Waals surface area contributed by atoms with Crippen molar-refractivity contribution in [2.45, 2.75) is 18.9 Å². The summed E-state index contributed by atoms with van der Waals surface area (Å²) < 4.78 is 9.05. The lowest BCUT2D eigenvalue weighted by molar-refractivity contribution is -0.151. The van der Waals surface area contributed by atoms with Gasteiger partial charge in [0.05, 0.1) is 20.1 Å². The molecule has 0 bridgehead atoms. The second-order valence-electron chi connectivity index (χ2n) is 3.42. The Morgan fingerprint density at radius 3 is 2.27 bits per heavy atom. The molecule has 0 spiro atoms. The minimum absolute atomic E-state index is 0.228. The van der Waals surface area contributed by atoms with Crippen LogP contribution in [0, 0.1) is 5.92 Å². The maximum absolute atomic E-state index is 11.4. The van der Waals surface area contributed by atoms with E-state index in [1.807, 2.05) is 0 Å². The molecule has 0 unspecified atom stereocenters. The average molecular weight is 215 g/mol. The largest absolute Gasteiger partial charge is 0.469 e. The Morgan fingerprint density at radius 2 is 1.87 bits per heavy atom. The van der Waals surface area contributed by atoms with Crippen molar-refractivity contribution in [2.24, 2.45) is 5.92 Å². The van der Waals surface area contributed by atoms with Gasteiger partial charge in [0.25, 0.3) is 0 Å². The summed E-state index contributed by atoms with van der Waals surface area (Å²) in [4.78, 5) is 33.5. The molecule has 0 aromatic heterocycles. The molecule has 0 aliphatic heterocycles. The minimum atomic E-state index is -1.21. The van der Waals surface area contributed by atoms with Crippen molar-refractivity contribution >= 4 is 17.8 Å². The lowest BCUT2D eigenvalue weighted by Crippen LogP contribution is -2.45. The quantitative estimate of drug-likeness (QED) is 0.625. The van der Waals surface area contributed by atoms with Gasteiger partial charge in [-0.05, 0) is 6.42 Å². The number of carbonyl (C=O) groups is 3. The van der Waals surface area contributed by atoms with Crippen LogP contribution in [0.15, 0.2) is 0 Å². The third-order valence-electron chi connectivity index (χ3n) is 2.40. The molecule has 15 heavy (non-hydrogen) atoms. The van der Waals surface area contributed by atoms with Crippen molar-refractivity contribution < 1.29 is 23.9 Å². The number of hydrogen-bond acceptors (Lipinski definition) is 5. The molecule has 1 rings (SSSR count). The topological polar surface area (TPSA) is 81.7 Å². The first-order valence-corrected chi connectivity index (χ1v) is 4.43. The molecule has 1 fully saturated rings. The Morgan fingerprint density at radius 1 is 1.27 bits per heavy atom. The van der Waals surface area contributed by atoms with Crippen LogP contribution in [0.5, 0.6) is 0 Å². The van der Waals surface area contributed by atoms with Crippen molar-refractivity contribution in [3.8, 4) is 0 Å². The van der Waals surface area contributed by atoms with Crippen molar-refractivity contribution in [3.63, 3.8) is 0 Å². The van der Waals surface area contributed by atoms with E-state index >= 15 is 0 Å². The highest BCUT2D eigenvalue weighted by Gasteiger charge is 2.66. The Bertz CT molecular complexity index is 314. The summed E-state index contributed by atoms with van der Waals surface area (Å²) in [6.07, 6.45) is 0.228. The number of ether oxygens (including phenoxy) is 2. The summed E-state index contributed by atoms with van der Waals surface area (Å²) in [5.74, 6) is -2.16. The van der Waals surface area contributed by atoms with Gasteiger partial charge in [-0.3, -0.25) is 9.59 Å². The molecule has 0 saturated heterocycles. The molecule has 6 nitrogen and oxygen atoms in total. The second-order valence-corrected chi connectivity index (χ2v) is 3.42. The van der Waals surface area contributed by atoms with E-state index in [1.54, 1.807) is 0 Å². The number of amides is 1. The molecular formula is C9H13NO5. The normalized spacial score (nSPS) is 27.8. The van der Waals surface area contributed by atoms with Crippen LogP contribution in [0.3, 0.4) is 0 Å². The fraction of sp³-hybridized carbons (Fsp3) is 0.667.